The maximum absolute atomic E-state index is 12.9. The fourth-order valence-electron chi connectivity index (χ4n) is 4.36. The van der Waals surface area contributed by atoms with Crippen LogP contribution in [-0.4, -0.2) is 26.9 Å². The third-order valence-electron chi connectivity index (χ3n) is 5.65. The summed E-state index contributed by atoms with van der Waals surface area (Å²) in [4.78, 5) is 34.0. The van der Waals surface area contributed by atoms with Crippen LogP contribution in [0.5, 0.6) is 0 Å². The van der Waals surface area contributed by atoms with Gasteiger partial charge < -0.3 is 5.32 Å². The SMILES string of the molecule is Cc1nc2ccccn2c1C(=O)N=C1C=CC2C(=C1)NC(=O)C1=C2CCCC1. The van der Waals surface area contributed by atoms with E-state index >= 15 is 0 Å². The van der Waals surface area contributed by atoms with Crippen LogP contribution < -0.4 is 5.32 Å². The first-order chi connectivity index (χ1) is 13.6. The van der Waals surface area contributed by atoms with Gasteiger partial charge in [0.05, 0.1) is 11.4 Å². The highest BCUT2D eigenvalue weighted by atomic mass is 16.2. The van der Waals surface area contributed by atoms with Crippen LogP contribution >= 0.6 is 0 Å². The number of amides is 2. The van der Waals surface area contributed by atoms with E-state index in [4.69, 9.17) is 0 Å². The Kier molecular flexibility index (Phi) is 3.86. The highest BCUT2D eigenvalue weighted by Crippen LogP contribution is 2.38. The Morgan fingerprint density at radius 2 is 2.14 bits per heavy atom. The molecular formula is C22H20N4O2. The molecule has 0 aromatic carbocycles. The number of allylic oxidation sites excluding steroid dienone is 3. The van der Waals surface area contributed by atoms with Crippen molar-refractivity contribution in [2.45, 2.75) is 32.6 Å². The Bertz CT molecular complexity index is 1150. The number of carbonyl (C=O) groups is 2. The lowest BCUT2D eigenvalue weighted by Gasteiger charge is -2.33. The van der Waals surface area contributed by atoms with Crippen molar-refractivity contribution in [1.29, 1.82) is 0 Å². The zero-order valence-electron chi connectivity index (χ0n) is 15.6. The molecule has 1 atom stereocenters. The van der Waals surface area contributed by atoms with E-state index in [2.05, 4.69) is 15.3 Å². The minimum atomic E-state index is -0.342. The van der Waals surface area contributed by atoms with Crippen molar-refractivity contribution < 1.29 is 9.59 Å². The summed E-state index contributed by atoms with van der Waals surface area (Å²) in [6.45, 7) is 1.81. The third kappa shape index (κ3) is 2.64. The number of nitrogens with one attached hydrogen (secondary N) is 1. The van der Waals surface area contributed by atoms with Gasteiger partial charge in [-0.1, -0.05) is 12.1 Å². The molecule has 0 saturated carbocycles. The molecule has 1 unspecified atom stereocenters. The normalized spacial score (nSPS) is 22.8. The second-order valence-corrected chi connectivity index (χ2v) is 7.42. The van der Waals surface area contributed by atoms with Crippen molar-refractivity contribution >= 4 is 23.2 Å². The van der Waals surface area contributed by atoms with E-state index in [-0.39, 0.29) is 17.7 Å². The van der Waals surface area contributed by atoms with Crippen molar-refractivity contribution in [3.05, 3.63) is 70.9 Å². The van der Waals surface area contributed by atoms with Gasteiger partial charge in [-0.2, -0.15) is 0 Å². The highest BCUT2D eigenvalue weighted by molar-refractivity contribution is 6.14. The molecule has 140 valence electrons. The van der Waals surface area contributed by atoms with Gasteiger partial charge in [-0.05, 0) is 62.5 Å². The molecule has 0 spiro atoms. The van der Waals surface area contributed by atoms with Gasteiger partial charge in [0.25, 0.3) is 11.8 Å². The largest absolute Gasteiger partial charge is 0.325 e. The molecule has 0 saturated heterocycles. The molecule has 1 aliphatic heterocycles. The summed E-state index contributed by atoms with van der Waals surface area (Å²) in [5, 5.41) is 3.00. The van der Waals surface area contributed by atoms with Crippen molar-refractivity contribution in [3.63, 3.8) is 0 Å². The van der Waals surface area contributed by atoms with E-state index in [9.17, 15) is 9.59 Å². The van der Waals surface area contributed by atoms with Crippen LogP contribution in [0.15, 0.2) is 64.5 Å². The Morgan fingerprint density at radius 1 is 1.29 bits per heavy atom. The number of imidazole rings is 1. The molecular weight excluding hydrogens is 352 g/mol. The molecule has 3 aliphatic rings. The van der Waals surface area contributed by atoms with Crippen molar-refractivity contribution in [3.8, 4) is 0 Å². The van der Waals surface area contributed by atoms with Crippen LogP contribution in [0.3, 0.4) is 0 Å². The maximum atomic E-state index is 12.9. The zero-order chi connectivity index (χ0) is 19.3. The lowest BCUT2D eigenvalue weighted by Crippen LogP contribution is -2.37. The topological polar surface area (TPSA) is 75.8 Å². The summed E-state index contributed by atoms with van der Waals surface area (Å²) >= 11 is 0. The van der Waals surface area contributed by atoms with Crippen LogP contribution in [0.2, 0.25) is 0 Å². The van der Waals surface area contributed by atoms with Gasteiger partial charge in [0.15, 0.2) is 0 Å². The summed E-state index contributed by atoms with van der Waals surface area (Å²) in [5.74, 6) is -0.249. The molecule has 5 rings (SSSR count). The van der Waals surface area contributed by atoms with Crippen LogP contribution in [-0.2, 0) is 4.79 Å². The van der Waals surface area contributed by atoms with Crippen LogP contribution in [0, 0.1) is 12.8 Å². The quantitative estimate of drug-likeness (QED) is 0.834. The molecule has 3 heterocycles. The van der Waals surface area contributed by atoms with E-state index in [1.54, 1.807) is 4.40 Å². The summed E-state index contributed by atoms with van der Waals surface area (Å²) in [6, 6.07) is 5.60. The van der Waals surface area contributed by atoms with Gasteiger partial charge in [0, 0.05) is 23.4 Å². The van der Waals surface area contributed by atoms with Crippen LogP contribution in [0.4, 0.5) is 0 Å². The van der Waals surface area contributed by atoms with Crippen molar-refractivity contribution in [2.24, 2.45) is 10.9 Å². The van der Waals surface area contributed by atoms with Crippen LogP contribution in [0.25, 0.3) is 5.65 Å². The lowest BCUT2D eigenvalue weighted by atomic mass is 9.77. The Morgan fingerprint density at radius 3 is 3.04 bits per heavy atom. The smallest absolute Gasteiger partial charge is 0.296 e. The fourth-order valence-corrected chi connectivity index (χ4v) is 4.36. The predicted molar refractivity (Wildman–Crippen MR) is 106 cm³/mol. The van der Waals surface area contributed by atoms with E-state index < -0.39 is 0 Å². The van der Waals surface area contributed by atoms with Crippen molar-refractivity contribution in [1.82, 2.24) is 14.7 Å². The molecule has 0 radical (unpaired) electrons. The first-order valence-corrected chi connectivity index (χ1v) is 9.61. The second kappa shape index (κ2) is 6.41. The summed E-state index contributed by atoms with van der Waals surface area (Å²) in [6.07, 6.45) is 11.6. The fraction of sp³-hybridized carbons (Fsp3) is 0.273. The average Bonchev–Trinajstić information content (AvgIpc) is 3.04. The number of hydrogen-bond acceptors (Lipinski definition) is 3. The Balaban J connectivity index is 1.49. The van der Waals surface area contributed by atoms with Gasteiger partial charge in [0.1, 0.15) is 11.3 Å². The predicted octanol–water partition coefficient (Wildman–Crippen LogP) is 3.29. The highest BCUT2D eigenvalue weighted by Gasteiger charge is 2.33. The molecule has 1 N–H and O–H groups in total. The average molecular weight is 372 g/mol. The number of aliphatic imine (C=N–C) groups is 1. The minimum absolute atomic E-state index is 0.00388. The lowest BCUT2D eigenvalue weighted by molar-refractivity contribution is -0.117. The van der Waals surface area contributed by atoms with Gasteiger partial charge in [0.2, 0.25) is 0 Å². The molecule has 28 heavy (non-hydrogen) atoms. The van der Waals surface area contributed by atoms with Crippen molar-refractivity contribution in [2.75, 3.05) is 0 Å². The number of nitrogens with zero attached hydrogens (tertiary/aromatic N) is 3. The monoisotopic (exact) mass is 372 g/mol. The summed E-state index contributed by atoms with van der Waals surface area (Å²) < 4.78 is 1.76. The maximum Gasteiger partial charge on any atom is 0.296 e. The van der Waals surface area contributed by atoms with Crippen LogP contribution in [0.1, 0.15) is 41.9 Å². The number of aromatic nitrogens is 2. The first kappa shape index (κ1) is 16.9. The number of rotatable bonds is 1. The number of hydrogen-bond donors (Lipinski definition) is 1. The van der Waals surface area contributed by atoms with Gasteiger partial charge in [-0.25, -0.2) is 9.98 Å². The first-order valence-electron chi connectivity index (χ1n) is 9.61. The second-order valence-electron chi connectivity index (χ2n) is 7.42. The molecule has 2 amide bonds. The molecule has 0 fully saturated rings. The Labute approximate surface area is 162 Å². The van der Waals surface area contributed by atoms with E-state index in [0.29, 0.717) is 17.1 Å². The minimum Gasteiger partial charge on any atom is -0.325 e. The standard InChI is InChI=1S/C22H20N4O2/c1-13-20(26-11-5-4-8-19(26)23-13)22(28)24-14-9-10-16-15-6-2-3-7-17(15)21(27)25-18(16)12-14/h4-5,8-12,16H,2-3,6-7H2,1H3,(H,25,27). The van der Waals surface area contributed by atoms with Gasteiger partial charge in [-0.15, -0.1) is 0 Å². The number of aryl methyl sites for hydroxylation is 1. The third-order valence-corrected chi connectivity index (χ3v) is 5.65. The zero-order valence-corrected chi connectivity index (χ0v) is 15.6. The number of carbonyl (C=O) groups excluding carboxylic acids is 2. The molecule has 0 bridgehead atoms. The summed E-state index contributed by atoms with van der Waals surface area (Å²) in [7, 11) is 0. The Hall–Kier alpha value is -3.28. The molecule has 2 aromatic heterocycles. The molecule has 2 aromatic rings. The molecule has 2 aliphatic carbocycles. The number of pyridine rings is 1. The molecule has 6 heteroatoms. The molecule has 6 nitrogen and oxygen atoms in total. The summed E-state index contributed by atoms with van der Waals surface area (Å²) in [5.41, 5.74) is 5.35. The van der Waals surface area contributed by atoms with E-state index in [1.807, 2.05) is 49.5 Å². The number of fused-ring (bicyclic) bond motifs is 3. The van der Waals surface area contributed by atoms with Gasteiger partial charge in [-0.3, -0.25) is 14.0 Å². The van der Waals surface area contributed by atoms with E-state index in [1.165, 1.54) is 5.57 Å². The van der Waals surface area contributed by atoms with Gasteiger partial charge >= 0.3 is 0 Å². The van der Waals surface area contributed by atoms with E-state index in [0.717, 1.165) is 42.6 Å².